The van der Waals surface area contributed by atoms with Crippen LogP contribution >= 0.6 is 0 Å². The smallest absolute Gasteiger partial charge is 0.197 e. The molecule has 5 rings (SSSR count). The van der Waals surface area contributed by atoms with Crippen molar-refractivity contribution in [3.05, 3.63) is 0 Å². The number of hydrogen-bond acceptors (Lipinski definition) is 3. The maximum absolute atomic E-state index is 11.4. The van der Waals surface area contributed by atoms with Crippen molar-refractivity contribution in [3.8, 4) is 0 Å². The van der Waals surface area contributed by atoms with Gasteiger partial charge in [-0.2, -0.15) is 0 Å². The summed E-state index contributed by atoms with van der Waals surface area (Å²) in [6.07, 6.45) is 14.3. The first kappa shape index (κ1) is 24.6. The maximum Gasteiger partial charge on any atom is 0.197 e. The molecular formula is C30H52O3. The molecule has 1 heterocycles. The van der Waals surface area contributed by atoms with Gasteiger partial charge in [0.15, 0.2) is 5.79 Å². The van der Waals surface area contributed by atoms with Crippen LogP contribution in [-0.2, 0) is 9.47 Å². The lowest BCUT2D eigenvalue weighted by Crippen LogP contribution is -2.65. The molecule has 0 aromatic carbocycles. The van der Waals surface area contributed by atoms with E-state index in [1.165, 1.54) is 57.8 Å². The van der Waals surface area contributed by atoms with E-state index >= 15 is 0 Å². The molecule has 4 saturated carbocycles. The highest BCUT2D eigenvalue weighted by Gasteiger charge is 2.67. The van der Waals surface area contributed by atoms with Gasteiger partial charge in [-0.05, 0) is 104 Å². The van der Waals surface area contributed by atoms with Crippen LogP contribution in [0.4, 0.5) is 0 Å². The summed E-state index contributed by atoms with van der Waals surface area (Å²) in [4.78, 5) is 0. The molecule has 9 atom stereocenters. The fourth-order valence-electron chi connectivity index (χ4n) is 10.4. The van der Waals surface area contributed by atoms with Gasteiger partial charge in [-0.3, -0.25) is 0 Å². The van der Waals surface area contributed by atoms with Crippen molar-refractivity contribution in [2.24, 2.45) is 52.3 Å². The summed E-state index contributed by atoms with van der Waals surface area (Å²) in [5, 5.41) is 11.4. The van der Waals surface area contributed by atoms with Gasteiger partial charge in [0.05, 0.1) is 13.2 Å². The molecule has 2 unspecified atom stereocenters. The number of rotatable bonds is 5. The Labute approximate surface area is 203 Å². The van der Waals surface area contributed by atoms with E-state index in [-0.39, 0.29) is 5.41 Å². The van der Waals surface area contributed by atoms with Crippen molar-refractivity contribution in [3.63, 3.8) is 0 Å². The van der Waals surface area contributed by atoms with Crippen LogP contribution in [0.1, 0.15) is 112 Å². The molecule has 0 aromatic rings. The minimum atomic E-state index is -0.867. The molecule has 0 amide bonds. The summed E-state index contributed by atoms with van der Waals surface area (Å²) < 4.78 is 12.5. The van der Waals surface area contributed by atoms with Crippen molar-refractivity contribution in [1.29, 1.82) is 0 Å². The van der Waals surface area contributed by atoms with Crippen molar-refractivity contribution >= 4 is 0 Å². The van der Waals surface area contributed by atoms with E-state index in [4.69, 9.17) is 9.47 Å². The normalized spacial score (nSPS) is 49.6. The SMILES string of the molecule is CC(C)CCC[C@@H](C)[C@H]1CC[C@H]2C3CC[C@H]4C[C@](C)(O)C5(C[C@]4(C)C3CC[C@]12C)OCCO5. The second kappa shape index (κ2) is 8.48. The Morgan fingerprint density at radius 2 is 1.55 bits per heavy atom. The highest BCUT2D eigenvalue weighted by atomic mass is 16.7. The minimum Gasteiger partial charge on any atom is -0.385 e. The van der Waals surface area contributed by atoms with Gasteiger partial charge >= 0.3 is 0 Å². The van der Waals surface area contributed by atoms with Crippen LogP contribution < -0.4 is 0 Å². The van der Waals surface area contributed by atoms with Crippen LogP contribution in [-0.4, -0.2) is 29.7 Å². The fraction of sp³-hybridized carbons (Fsp3) is 1.00. The number of aliphatic hydroxyl groups is 1. The molecule has 3 nitrogen and oxygen atoms in total. The van der Waals surface area contributed by atoms with Gasteiger partial charge in [0.25, 0.3) is 0 Å². The van der Waals surface area contributed by atoms with E-state index < -0.39 is 11.4 Å². The lowest BCUT2D eigenvalue weighted by molar-refractivity contribution is -0.321. The molecular weight excluding hydrogens is 408 g/mol. The second-order valence-electron chi connectivity index (χ2n) is 14.3. The molecule has 1 saturated heterocycles. The molecule has 3 heteroatoms. The lowest BCUT2D eigenvalue weighted by Gasteiger charge is -2.64. The van der Waals surface area contributed by atoms with Gasteiger partial charge in [-0.25, -0.2) is 0 Å². The van der Waals surface area contributed by atoms with Gasteiger partial charge in [0.2, 0.25) is 0 Å². The van der Waals surface area contributed by atoms with E-state index in [1.807, 2.05) is 6.92 Å². The third-order valence-electron chi connectivity index (χ3n) is 12.1. The topological polar surface area (TPSA) is 38.7 Å². The summed E-state index contributed by atoms with van der Waals surface area (Å²) in [6.45, 7) is 15.8. The first-order valence-corrected chi connectivity index (χ1v) is 14.5. The third kappa shape index (κ3) is 3.77. The Morgan fingerprint density at radius 1 is 0.848 bits per heavy atom. The lowest BCUT2D eigenvalue weighted by atomic mass is 9.43. The van der Waals surface area contributed by atoms with Gasteiger partial charge < -0.3 is 14.6 Å². The van der Waals surface area contributed by atoms with Crippen LogP contribution in [0.2, 0.25) is 0 Å². The fourth-order valence-corrected chi connectivity index (χ4v) is 10.4. The van der Waals surface area contributed by atoms with Crippen LogP contribution in [0.15, 0.2) is 0 Å². The Kier molecular flexibility index (Phi) is 6.31. The summed E-state index contributed by atoms with van der Waals surface area (Å²) in [5.41, 5.74) is -0.0921. The van der Waals surface area contributed by atoms with Gasteiger partial charge in [-0.1, -0.05) is 53.9 Å². The summed E-state index contributed by atoms with van der Waals surface area (Å²) in [7, 11) is 0. The molecule has 1 N–H and O–H groups in total. The molecule has 5 fully saturated rings. The number of hydrogen-bond donors (Lipinski definition) is 1. The molecule has 0 radical (unpaired) electrons. The van der Waals surface area contributed by atoms with Gasteiger partial charge in [0.1, 0.15) is 5.60 Å². The van der Waals surface area contributed by atoms with Gasteiger partial charge in [0, 0.05) is 6.42 Å². The predicted molar refractivity (Wildman–Crippen MR) is 134 cm³/mol. The average molecular weight is 461 g/mol. The van der Waals surface area contributed by atoms with Crippen LogP contribution in [0.3, 0.4) is 0 Å². The van der Waals surface area contributed by atoms with E-state index in [0.717, 1.165) is 48.3 Å². The summed E-state index contributed by atoms with van der Waals surface area (Å²) >= 11 is 0. The molecule has 1 aliphatic heterocycles. The monoisotopic (exact) mass is 460 g/mol. The summed E-state index contributed by atoms with van der Waals surface area (Å²) in [5.74, 6) is 4.98. The van der Waals surface area contributed by atoms with Crippen LogP contribution in [0, 0.1) is 52.3 Å². The zero-order chi connectivity index (χ0) is 23.6. The third-order valence-corrected chi connectivity index (χ3v) is 12.1. The van der Waals surface area contributed by atoms with Crippen molar-refractivity contribution in [2.75, 3.05) is 13.2 Å². The Balaban J connectivity index is 1.34. The second-order valence-corrected chi connectivity index (χ2v) is 14.3. The maximum atomic E-state index is 11.4. The zero-order valence-corrected chi connectivity index (χ0v) is 22.5. The van der Waals surface area contributed by atoms with Crippen molar-refractivity contribution in [2.45, 2.75) is 124 Å². The zero-order valence-electron chi connectivity index (χ0n) is 22.5. The molecule has 190 valence electrons. The standard InChI is InChI=1S/C30H52O3/c1-20(2)8-7-9-21(3)24-12-13-25-23-11-10-22-18-29(6,31)30(32-16-17-33-30)19-28(22,5)26(23)14-15-27(24,25)4/h20-26,31H,7-19H2,1-6H3/t21-,22+,23?,24-,25+,26?,27-,28+,29+/m1/s1. The highest BCUT2D eigenvalue weighted by molar-refractivity contribution is 5.14. The van der Waals surface area contributed by atoms with E-state index in [0.29, 0.717) is 24.5 Å². The number of ether oxygens (including phenoxy) is 2. The molecule has 5 aliphatic rings. The Hall–Kier alpha value is -0.120. The van der Waals surface area contributed by atoms with E-state index in [2.05, 4.69) is 34.6 Å². The predicted octanol–water partition coefficient (Wildman–Crippen LogP) is 7.21. The molecule has 1 spiro atoms. The Morgan fingerprint density at radius 3 is 2.24 bits per heavy atom. The largest absolute Gasteiger partial charge is 0.385 e. The van der Waals surface area contributed by atoms with Crippen molar-refractivity contribution in [1.82, 2.24) is 0 Å². The molecule has 33 heavy (non-hydrogen) atoms. The first-order valence-electron chi connectivity index (χ1n) is 14.5. The number of fused-ring (bicyclic) bond motifs is 5. The highest BCUT2D eigenvalue weighted by Crippen LogP contribution is 2.70. The molecule has 0 aromatic heterocycles. The quantitative estimate of drug-likeness (QED) is 0.471. The van der Waals surface area contributed by atoms with Gasteiger partial charge in [-0.15, -0.1) is 0 Å². The summed E-state index contributed by atoms with van der Waals surface area (Å²) in [6, 6.07) is 0. The first-order chi connectivity index (χ1) is 15.5. The average Bonchev–Trinajstić information content (AvgIpc) is 3.34. The van der Waals surface area contributed by atoms with Crippen molar-refractivity contribution < 1.29 is 14.6 Å². The van der Waals surface area contributed by atoms with E-state index in [9.17, 15) is 5.11 Å². The van der Waals surface area contributed by atoms with Crippen LogP contribution in [0.5, 0.6) is 0 Å². The Bertz CT molecular complexity index is 709. The molecule has 0 bridgehead atoms. The van der Waals surface area contributed by atoms with E-state index in [1.54, 1.807) is 0 Å². The van der Waals surface area contributed by atoms with Crippen LogP contribution in [0.25, 0.3) is 0 Å². The molecule has 4 aliphatic carbocycles. The minimum absolute atomic E-state index is 0.234.